The standard InChI is InChI=1S/C17H22O/c1-2-12-7-9-13(10-8-12)11-16(18)17-14-5-3-4-6-15(14)17/h7-10,14-15,17H,2-6,11H2,1H3. The number of ketones is 1. The Morgan fingerprint density at radius 1 is 1.06 bits per heavy atom. The van der Waals surface area contributed by atoms with Crippen LogP contribution in [0.1, 0.15) is 43.7 Å². The third kappa shape index (κ3) is 2.23. The van der Waals surface area contributed by atoms with Crippen LogP contribution in [0.3, 0.4) is 0 Å². The monoisotopic (exact) mass is 242 g/mol. The maximum atomic E-state index is 12.3. The van der Waals surface area contributed by atoms with Gasteiger partial charge in [0, 0.05) is 12.3 Å². The molecule has 1 nitrogen and oxygen atoms in total. The highest BCUT2D eigenvalue weighted by atomic mass is 16.1. The lowest BCUT2D eigenvalue weighted by molar-refractivity contribution is -0.120. The van der Waals surface area contributed by atoms with Gasteiger partial charge >= 0.3 is 0 Å². The molecule has 1 heteroatoms. The second-order valence-corrected chi connectivity index (χ2v) is 5.95. The summed E-state index contributed by atoms with van der Waals surface area (Å²) >= 11 is 0. The van der Waals surface area contributed by atoms with E-state index in [0.29, 0.717) is 18.1 Å². The molecule has 0 spiro atoms. The molecular weight excluding hydrogens is 220 g/mol. The van der Waals surface area contributed by atoms with E-state index in [0.717, 1.165) is 18.3 Å². The number of Topliss-reactive ketones (excluding diaryl/α,β-unsaturated/α-hetero) is 1. The molecule has 2 fully saturated rings. The van der Waals surface area contributed by atoms with Crippen molar-refractivity contribution in [1.29, 1.82) is 0 Å². The number of benzene rings is 1. The quantitative estimate of drug-likeness (QED) is 0.785. The molecular formula is C17H22O. The first-order valence-corrected chi connectivity index (χ1v) is 7.40. The lowest BCUT2D eigenvalue weighted by Gasteiger charge is -2.04. The van der Waals surface area contributed by atoms with Crippen LogP contribution in [-0.4, -0.2) is 5.78 Å². The van der Waals surface area contributed by atoms with E-state index in [-0.39, 0.29) is 0 Å². The van der Waals surface area contributed by atoms with Crippen LogP contribution >= 0.6 is 0 Å². The molecule has 18 heavy (non-hydrogen) atoms. The zero-order valence-electron chi connectivity index (χ0n) is 11.2. The minimum Gasteiger partial charge on any atom is -0.299 e. The van der Waals surface area contributed by atoms with Crippen molar-refractivity contribution in [3.63, 3.8) is 0 Å². The van der Waals surface area contributed by atoms with Gasteiger partial charge in [-0.05, 0) is 42.2 Å². The third-order valence-electron chi connectivity index (χ3n) is 4.84. The summed E-state index contributed by atoms with van der Waals surface area (Å²) in [7, 11) is 0. The molecule has 2 saturated carbocycles. The molecule has 0 saturated heterocycles. The molecule has 2 aliphatic carbocycles. The maximum absolute atomic E-state index is 12.3. The molecule has 1 aromatic carbocycles. The second kappa shape index (κ2) is 4.87. The number of carbonyl (C=O) groups excluding carboxylic acids is 1. The summed E-state index contributed by atoms with van der Waals surface area (Å²) in [5, 5.41) is 0. The number of rotatable bonds is 4. The summed E-state index contributed by atoms with van der Waals surface area (Å²) in [5.74, 6) is 2.41. The Bertz CT molecular complexity index is 419. The second-order valence-electron chi connectivity index (χ2n) is 5.95. The Hall–Kier alpha value is -1.11. The van der Waals surface area contributed by atoms with Crippen LogP contribution in [0.5, 0.6) is 0 Å². The molecule has 2 aliphatic rings. The zero-order chi connectivity index (χ0) is 12.5. The van der Waals surface area contributed by atoms with Crippen LogP contribution in [0, 0.1) is 17.8 Å². The van der Waals surface area contributed by atoms with Gasteiger partial charge in [-0.15, -0.1) is 0 Å². The van der Waals surface area contributed by atoms with Crippen LogP contribution in [0.25, 0.3) is 0 Å². The summed E-state index contributed by atoms with van der Waals surface area (Å²) in [6, 6.07) is 8.57. The minimum atomic E-state index is 0.415. The van der Waals surface area contributed by atoms with Gasteiger partial charge in [0.25, 0.3) is 0 Å². The fraction of sp³-hybridized carbons (Fsp3) is 0.588. The zero-order valence-corrected chi connectivity index (χ0v) is 11.2. The van der Waals surface area contributed by atoms with Gasteiger partial charge in [-0.1, -0.05) is 44.0 Å². The first-order chi connectivity index (χ1) is 8.79. The molecule has 1 aromatic rings. The fourth-order valence-corrected chi connectivity index (χ4v) is 3.68. The maximum Gasteiger partial charge on any atom is 0.140 e. The van der Waals surface area contributed by atoms with Gasteiger partial charge in [0.2, 0.25) is 0 Å². The van der Waals surface area contributed by atoms with Crippen molar-refractivity contribution in [3.05, 3.63) is 35.4 Å². The summed E-state index contributed by atoms with van der Waals surface area (Å²) in [6.45, 7) is 2.16. The van der Waals surface area contributed by atoms with Crippen LogP contribution in [-0.2, 0) is 17.6 Å². The topological polar surface area (TPSA) is 17.1 Å². The first kappa shape index (κ1) is 12.0. The van der Waals surface area contributed by atoms with Crippen molar-refractivity contribution < 1.29 is 4.79 Å². The van der Waals surface area contributed by atoms with E-state index in [4.69, 9.17) is 0 Å². The molecule has 0 amide bonds. The molecule has 3 rings (SSSR count). The SMILES string of the molecule is CCc1ccc(CC(=O)C2C3CCCCC32)cc1. The predicted molar refractivity (Wildman–Crippen MR) is 73.5 cm³/mol. The largest absolute Gasteiger partial charge is 0.299 e. The van der Waals surface area contributed by atoms with E-state index in [2.05, 4.69) is 31.2 Å². The number of fused-ring (bicyclic) bond motifs is 1. The average Bonchev–Trinajstić information content (AvgIpc) is 3.14. The smallest absolute Gasteiger partial charge is 0.140 e. The molecule has 2 atom stereocenters. The van der Waals surface area contributed by atoms with E-state index in [1.807, 2.05) is 0 Å². The lowest BCUT2D eigenvalue weighted by Crippen LogP contribution is -2.07. The Labute approximate surface area is 110 Å². The highest BCUT2D eigenvalue weighted by Gasteiger charge is 2.53. The molecule has 2 unspecified atom stereocenters. The van der Waals surface area contributed by atoms with Gasteiger partial charge in [-0.3, -0.25) is 4.79 Å². The van der Waals surface area contributed by atoms with Crippen molar-refractivity contribution in [1.82, 2.24) is 0 Å². The molecule has 96 valence electrons. The molecule has 0 N–H and O–H groups in total. The van der Waals surface area contributed by atoms with Crippen LogP contribution in [0.2, 0.25) is 0 Å². The van der Waals surface area contributed by atoms with Crippen molar-refractivity contribution in [2.75, 3.05) is 0 Å². The van der Waals surface area contributed by atoms with Gasteiger partial charge < -0.3 is 0 Å². The molecule has 0 bridgehead atoms. The first-order valence-electron chi connectivity index (χ1n) is 7.40. The van der Waals surface area contributed by atoms with Gasteiger partial charge in [0.15, 0.2) is 0 Å². The fourth-order valence-electron chi connectivity index (χ4n) is 3.68. The molecule has 0 aromatic heterocycles. The number of aryl methyl sites for hydroxylation is 1. The van der Waals surface area contributed by atoms with Crippen molar-refractivity contribution in [2.24, 2.45) is 17.8 Å². The number of hydrogen-bond acceptors (Lipinski definition) is 1. The van der Waals surface area contributed by atoms with E-state index >= 15 is 0 Å². The third-order valence-corrected chi connectivity index (χ3v) is 4.84. The normalized spacial score (nSPS) is 29.7. The Kier molecular flexibility index (Phi) is 3.23. The Morgan fingerprint density at radius 2 is 1.61 bits per heavy atom. The molecule has 0 heterocycles. The summed E-state index contributed by atoms with van der Waals surface area (Å²) in [6.07, 6.45) is 7.01. The highest BCUT2D eigenvalue weighted by molar-refractivity contribution is 5.86. The number of carbonyl (C=O) groups is 1. The van der Waals surface area contributed by atoms with Gasteiger partial charge in [-0.2, -0.15) is 0 Å². The Morgan fingerprint density at radius 3 is 2.17 bits per heavy atom. The Balaban J connectivity index is 1.60. The summed E-state index contributed by atoms with van der Waals surface area (Å²) in [5.41, 5.74) is 2.55. The molecule has 0 aliphatic heterocycles. The summed E-state index contributed by atoms with van der Waals surface area (Å²) in [4.78, 5) is 12.3. The van der Waals surface area contributed by atoms with Gasteiger partial charge in [0.1, 0.15) is 5.78 Å². The van der Waals surface area contributed by atoms with Crippen molar-refractivity contribution >= 4 is 5.78 Å². The lowest BCUT2D eigenvalue weighted by atomic mass is 10.0. The molecule has 0 radical (unpaired) electrons. The van der Waals surface area contributed by atoms with Crippen LogP contribution in [0.15, 0.2) is 24.3 Å². The van der Waals surface area contributed by atoms with Gasteiger partial charge in [0.05, 0.1) is 0 Å². The van der Waals surface area contributed by atoms with E-state index in [9.17, 15) is 4.79 Å². The minimum absolute atomic E-state index is 0.415. The van der Waals surface area contributed by atoms with Crippen LogP contribution in [0.4, 0.5) is 0 Å². The van der Waals surface area contributed by atoms with Gasteiger partial charge in [-0.25, -0.2) is 0 Å². The van der Waals surface area contributed by atoms with Crippen molar-refractivity contribution in [3.8, 4) is 0 Å². The average molecular weight is 242 g/mol. The van der Waals surface area contributed by atoms with E-state index < -0.39 is 0 Å². The summed E-state index contributed by atoms with van der Waals surface area (Å²) < 4.78 is 0. The van der Waals surface area contributed by atoms with Crippen molar-refractivity contribution in [2.45, 2.75) is 45.4 Å². The predicted octanol–water partition coefficient (Wildman–Crippen LogP) is 3.80. The van der Waals surface area contributed by atoms with Crippen LogP contribution < -0.4 is 0 Å². The van der Waals surface area contributed by atoms with E-state index in [1.165, 1.54) is 36.8 Å². The number of hydrogen-bond donors (Lipinski definition) is 0. The van der Waals surface area contributed by atoms with E-state index in [1.54, 1.807) is 0 Å². The highest BCUT2D eigenvalue weighted by Crippen LogP contribution is 2.55.